The van der Waals surface area contributed by atoms with Crippen LogP contribution in [0.4, 0.5) is 4.39 Å². The standard InChI is InChI=1S/C17H15FO4/c1-2-10-21-16(19)12-6-5-7-13(11-12)17(20)22-15-9-4-3-8-14(15)18/h3-9,11H,2,10H2,1H3. The van der Waals surface area contributed by atoms with Crippen molar-refractivity contribution < 1.29 is 23.5 Å². The highest BCUT2D eigenvalue weighted by Crippen LogP contribution is 2.17. The average Bonchev–Trinajstić information content (AvgIpc) is 2.54. The predicted octanol–water partition coefficient (Wildman–Crippen LogP) is 3.61. The number of carbonyl (C=O) groups excluding carboxylic acids is 2. The highest BCUT2D eigenvalue weighted by Gasteiger charge is 2.14. The first-order valence-corrected chi connectivity index (χ1v) is 6.85. The summed E-state index contributed by atoms with van der Waals surface area (Å²) in [4.78, 5) is 23.8. The smallest absolute Gasteiger partial charge is 0.343 e. The Morgan fingerprint density at radius 2 is 1.68 bits per heavy atom. The first-order chi connectivity index (χ1) is 10.6. The van der Waals surface area contributed by atoms with Crippen molar-refractivity contribution in [1.29, 1.82) is 0 Å². The number of ether oxygens (including phenoxy) is 2. The Kier molecular flexibility index (Phi) is 5.25. The van der Waals surface area contributed by atoms with Crippen LogP contribution in [-0.2, 0) is 4.74 Å². The quantitative estimate of drug-likeness (QED) is 0.625. The van der Waals surface area contributed by atoms with Crippen molar-refractivity contribution in [3.63, 3.8) is 0 Å². The number of carbonyl (C=O) groups is 2. The fourth-order valence-electron chi connectivity index (χ4n) is 1.74. The highest BCUT2D eigenvalue weighted by molar-refractivity contribution is 5.96. The van der Waals surface area contributed by atoms with Crippen LogP contribution in [0.3, 0.4) is 0 Å². The number of rotatable bonds is 5. The minimum absolute atomic E-state index is 0.147. The summed E-state index contributed by atoms with van der Waals surface area (Å²) in [6.45, 7) is 2.19. The number of benzene rings is 2. The predicted molar refractivity (Wildman–Crippen MR) is 78.4 cm³/mol. The molecule has 0 saturated carbocycles. The summed E-state index contributed by atoms with van der Waals surface area (Å²) in [6, 6.07) is 11.5. The van der Waals surface area contributed by atoms with E-state index in [1.165, 1.54) is 36.4 Å². The van der Waals surface area contributed by atoms with Gasteiger partial charge >= 0.3 is 11.9 Å². The third kappa shape index (κ3) is 3.91. The van der Waals surface area contributed by atoms with E-state index in [1.807, 2.05) is 6.92 Å². The number of hydrogen-bond donors (Lipinski definition) is 0. The largest absolute Gasteiger partial charge is 0.462 e. The van der Waals surface area contributed by atoms with Crippen LogP contribution in [0.15, 0.2) is 48.5 Å². The highest BCUT2D eigenvalue weighted by atomic mass is 19.1. The molecule has 0 radical (unpaired) electrons. The lowest BCUT2D eigenvalue weighted by Crippen LogP contribution is -2.12. The van der Waals surface area contributed by atoms with Gasteiger partial charge in [-0.25, -0.2) is 14.0 Å². The van der Waals surface area contributed by atoms with E-state index in [-0.39, 0.29) is 16.9 Å². The fourth-order valence-corrected chi connectivity index (χ4v) is 1.74. The lowest BCUT2D eigenvalue weighted by molar-refractivity contribution is 0.0505. The van der Waals surface area contributed by atoms with Gasteiger partial charge in [-0.2, -0.15) is 0 Å². The van der Waals surface area contributed by atoms with Crippen molar-refractivity contribution in [3.8, 4) is 5.75 Å². The number of esters is 2. The Bertz CT molecular complexity index is 682. The fraction of sp³-hybridized carbons (Fsp3) is 0.176. The molecule has 0 aliphatic carbocycles. The zero-order chi connectivity index (χ0) is 15.9. The molecule has 2 rings (SSSR count). The maximum atomic E-state index is 13.5. The van der Waals surface area contributed by atoms with Crippen LogP contribution in [0.1, 0.15) is 34.1 Å². The van der Waals surface area contributed by atoms with Crippen LogP contribution in [-0.4, -0.2) is 18.5 Å². The molecule has 0 unspecified atom stereocenters. The van der Waals surface area contributed by atoms with Gasteiger partial charge in [-0.15, -0.1) is 0 Å². The summed E-state index contributed by atoms with van der Waals surface area (Å²) in [7, 11) is 0. The lowest BCUT2D eigenvalue weighted by atomic mass is 10.1. The third-order valence-electron chi connectivity index (χ3n) is 2.81. The first kappa shape index (κ1) is 15.7. The molecule has 0 bridgehead atoms. The molecule has 114 valence electrons. The van der Waals surface area contributed by atoms with E-state index < -0.39 is 17.8 Å². The summed E-state index contributed by atoms with van der Waals surface area (Å²) >= 11 is 0. The van der Waals surface area contributed by atoms with Gasteiger partial charge in [0.1, 0.15) is 0 Å². The Morgan fingerprint density at radius 3 is 2.36 bits per heavy atom. The number of hydrogen-bond acceptors (Lipinski definition) is 4. The monoisotopic (exact) mass is 302 g/mol. The molecule has 0 amide bonds. The van der Waals surface area contributed by atoms with Crippen molar-refractivity contribution in [2.75, 3.05) is 6.61 Å². The molecule has 0 N–H and O–H groups in total. The normalized spacial score (nSPS) is 10.1. The van der Waals surface area contributed by atoms with Gasteiger partial charge in [0.05, 0.1) is 17.7 Å². The molecular formula is C17H15FO4. The number of para-hydroxylation sites is 1. The van der Waals surface area contributed by atoms with Crippen molar-refractivity contribution in [1.82, 2.24) is 0 Å². The minimum Gasteiger partial charge on any atom is -0.462 e. The number of halogens is 1. The van der Waals surface area contributed by atoms with Crippen molar-refractivity contribution in [2.24, 2.45) is 0 Å². The van der Waals surface area contributed by atoms with Gasteiger partial charge in [-0.3, -0.25) is 0 Å². The summed E-state index contributed by atoms with van der Waals surface area (Å²) in [5.41, 5.74) is 0.394. The Hall–Kier alpha value is -2.69. The van der Waals surface area contributed by atoms with Gasteiger partial charge in [0, 0.05) is 0 Å². The average molecular weight is 302 g/mol. The topological polar surface area (TPSA) is 52.6 Å². The van der Waals surface area contributed by atoms with Gasteiger partial charge in [-0.1, -0.05) is 25.1 Å². The molecule has 22 heavy (non-hydrogen) atoms. The second-order valence-corrected chi connectivity index (χ2v) is 4.54. The Balaban J connectivity index is 2.13. The summed E-state index contributed by atoms with van der Waals surface area (Å²) in [5.74, 6) is -2.04. The Labute approximate surface area is 127 Å². The van der Waals surface area contributed by atoms with Gasteiger partial charge < -0.3 is 9.47 Å². The zero-order valence-electron chi connectivity index (χ0n) is 12.0. The molecule has 2 aromatic carbocycles. The van der Waals surface area contributed by atoms with E-state index in [4.69, 9.17) is 9.47 Å². The molecule has 0 saturated heterocycles. The summed E-state index contributed by atoms with van der Waals surface area (Å²) in [6.07, 6.45) is 0.709. The molecule has 0 heterocycles. The van der Waals surface area contributed by atoms with E-state index in [1.54, 1.807) is 12.1 Å². The second kappa shape index (κ2) is 7.36. The van der Waals surface area contributed by atoms with Gasteiger partial charge in [0.15, 0.2) is 11.6 Å². The lowest BCUT2D eigenvalue weighted by Gasteiger charge is -2.07. The van der Waals surface area contributed by atoms with Crippen molar-refractivity contribution >= 4 is 11.9 Å². The molecule has 0 aliphatic heterocycles. The van der Waals surface area contributed by atoms with E-state index in [0.29, 0.717) is 13.0 Å². The zero-order valence-corrected chi connectivity index (χ0v) is 12.0. The molecule has 0 fully saturated rings. The third-order valence-corrected chi connectivity index (χ3v) is 2.81. The van der Waals surface area contributed by atoms with E-state index in [2.05, 4.69) is 0 Å². The molecule has 2 aromatic rings. The van der Waals surface area contributed by atoms with Gasteiger partial charge in [0.2, 0.25) is 0 Å². The van der Waals surface area contributed by atoms with Crippen LogP contribution in [0.25, 0.3) is 0 Å². The van der Waals surface area contributed by atoms with Crippen LogP contribution >= 0.6 is 0 Å². The van der Waals surface area contributed by atoms with E-state index in [9.17, 15) is 14.0 Å². The van der Waals surface area contributed by atoms with Crippen LogP contribution in [0.5, 0.6) is 5.75 Å². The molecule has 0 atom stereocenters. The molecule has 0 spiro atoms. The first-order valence-electron chi connectivity index (χ1n) is 6.85. The second-order valence-electron chi connectivity index (χ2n) is 4.54. The summed E-state index contributed by atoms with van der Waals surface area (Å²) < 4.78 is 23.4. The maximum Gasteiger partial charge on any atom is 0.343 e. The molecule has 5 heteroatoms. The van der Waals surface area contributed by atoms with Crippen LogP contribution in [0, 0.1) is 5.82 Å². The van der Waals surface area contributed by atoms with E-state index in [0.717, 1.165) is 0 Å². The molecule has 0 aliphatic rings. The van der Waals surface area contributed by atoms with Gasteiger partial charge in [0.25, 0.3) is 0 Å². The van der Waals surface area contributed by atoms with E-state index >= 15 is 0 Å². The maximum absolute atomic E-state index is 13.5. The van der Waals surface area contributed by atoms with Crippen LogP contribution < -0.4 is 4.74 Å². The SMILES string of the molecule is CCCOC(=O)c1cccc(C(=O)Oc2ccccc2F)c1. The molecule has 4 nitrogen and oxygen atoms in total. The van der Waals surface area contributed by atoms with Crippen molar-refractivity contribution in [2.45, 2.75) is 13.3 Å². The molecular weight excluding hydrogens is 287 g/mol. The van der Waals surface area contributed by atoms with Crippen LogP contribution in [0.2, 0.25) is 0 Å². The van der Waals surface area contributed by atoms with Gasteiger partial charge in [-0.05, 0) is 36.8 Å². The van der Waals surface area contributed by atoms with Crippen molar-refractivity contribution in [3.05, 3.63) is 65.5 Å². The summed E-state index contributed by atoms with van der Waals surface area (Å²) in [5, 5.41) is 0. The Morgan fingerprint density at radius 1 is 1.00 bits per heavy atom. The molecule has 0 aromatic heterocycles. The minimum atomic E-state index is -0.741.